The number of hydrogen-bond donors (Lipinski definition) is 0. The number of hydrogen-bond acceptors (Lipinski definition) is 6. The molecule has 0 N–H and O–H groups in total. The first-order valence-corrected chi connectivity index (χ1v) is 12.5. The second kappa shape index (κ2) is 10.9. The van der Waals surface area contributed by atoms with Crippen molar-refractivity contribution in [2.75, 3.05) is 7.11 Å². The highest BCUT2D eigenvalue weighted by Gasteiger charge is 2.35. The number of rotatable bonds is 6. The summed E-state index contributed by atoms with van der Waals surface area (Å²) >= 11 is 16.2. The average molecular weight is 593 g/mol. The molecule has 1 saturated heterocycles. The van der Waals surface area contributed by atoms with Crippen LogP contribution < -0.4 is 9.47 Å². The molecule has 3 aromatic rings. The van der Waals surface area contributed by atoms with Crippen LogP contribution in [-0.4, -0.2) is 29.1 Å². The summed E-state index contributed by atoms with van der Waals surface area (Å²) in [6, 6.07) is 16.6. The quantitative estimate of drug-likeness (QED) is 0.171. The van der Waals surface area contributed by atoms with Crippen molar-refractivity contribution in [3.8, 4) is 11.5 Å². The average Bonchev–Trinajstić information content (AvgIpc) is 3.08. The van der Waals surface area contributed by atoms with Gasteiger partial charge in [-0.05, 0) is 71.4 Å². The van der Waals surface area contributed by atoms with Crippen LogP contribution in [0, 0.1) is 0 Å². The topological polar surface area (TPSA) is 72.9 Å². The molecule has 0 saturated carbocycles. The number of halogens is 3. The lowest BCUT2D eigenvalue weighted by Gasteiger charge is -2.12. The number of esters is 1. The minimum Gasteiger partial charge on any atom is -0.493 e. The fourth-order valence-electron chi connectivity index (χ4n) is 3.23. The van der Waals surface area contributed by atoms with Crippen molar-refractivity contribution < 1.29 is 23.9 Å². The Hall–Kier alpha value is -2.78. The summed E-state index contributed by atoms with van der Waals surface area (Å²) in [7, 11) is 1.43. The maximum Gasteiger partial charge on any atom is 0.345 e. The highest BCUT2D eigenvalue weighted by atomic mass is 79.9. The van der Waals surface area contributed by atoms with E-state index in [2.05, 4.69) is 15.9 Å². The second-order valence-corrected chi connectivity index (χ2v) is 10.1. The lowest BCUT2D eigenvalue weighted by molar-refractivity contribution is -0.123. The van der Waals surface area contributed by atoms with Gasteiger partial charge in [-0.15, -0.1) is 0 Å². The minimum atomic E-state index is -0.674. The summed E-state index contributed by atoms with van der Waals surface area (Å²) in [4.78, 5) is 39.3. The molecule has 1 aliphatic rings. The Morgan fingerprint density at radius 2 is 1.77 bits per heavy atom. The van der Waals surface area contributed by atoms with E-state index in [9.17, 15) is 14.4 Å². The van der Waals surface area contributed by atoms with Crippen molar-refractivity contribution in [2.24, 2.45) is 0 Å². The van der Waals surface area contributed by atoms with Gasteiger partial charge >= 0.3 is 5.97 Å². The molecule has 1 fully saturated rings. The third-order valence-electron chi connectivity index (χ3n) is 4.97. The Labute approximate surface area is 223 Å². The van der Waals surface area contributed by atoms with E-state index in [0.29, 0.717) is 10.6 Å². The predicted octanol–water partition coefficient (Wildman–Crippen LogP) is 7.22. The van der Waals surface area contributed by atoms with Gasteiger partial charge in [0.15, 0.2) is 11.5 Å². The van der Waals surface area contributed by atoms with E-state index < -0.39 is 5.97 Å². The standard InChI is InChI=1S/C25H16BrCl2NO5S/c1-33-21-10-15(4-9-20(21)34-24(31)18-8-7-17(27)12-19(18)28)11-22-23(30)29(25(32)35-22)13-14-2-5-16(26)6-3-14/h2-12H,13H2,1H3/b22-11-. The van der Waals surface area contributed by atoms with Crippen LogP contribution in [-0.2, 0) is 11.3 Å². The van der Waals surface area contributed by atoms with Gasteiger partial charge in [0.2, 0.25) is 0 Å². The molecule has 0 radical (unpaired) electrons. The maximum absolute atomic E-state index is 12.9. The SMILES string of the molecule is COc1cc(/C=C2\SC(=O)N(Cc3ccc(Br)cc3)C2=O)ccc1OC(=O)c1ccc(Cl)cc1Cl. The number of amides is 2. The Balaban J connectivity index is 1.52. The minimum absolute atomic E-state index is 0.154. The fraction of sp³-hybridized carbons (Fsp3) is 0.0800. The Morgan fingerprint density at radius 3 is 2.46 bits per heavy atom. The van der Waals surface area contributed by atoms with Crippen LogP contribution in [0.3, 0.4) is 0 Å². The lowest BCUT2D eigenvalue weighted by Crippen LogP contribution is -2.27. The Morgan fingerprint density at radius 1 is 1.03 bits per heavy atom. The van der Waals surface area contributed by atoms with Crippen molar-refractivity contribution in [3.05, 3.63) is 96.8 Å². The van der Waals surface area contributed by atoms with Crippen LogP contribution in [0.5, 0.6) is 11.5 Å². The van der Waals surface area contributed by atoms with Crippen LogP contribution in [0.25, 0.3) is 6.08 Å². The zero-order valence-corrected chi connectivity index (χ0v) is 22.0. The van der Waals surface area contributed by atoms with Gasteiger partial charge in [0.1, 0.15) is 0 Å². The van der Waals surface area contributed by atoms with Gasteiger partial charge in [-0.25, -0.2) is 4.79 Å². The molecule has 1 aliphatic heterocycles. The van der Waals surface area contributed by atoms with Gasteiger partial charge in [0, 0.05) is 9.50 Å². The number of benzene rings is 3. The maximum atomic E-state index is 12.9. The molecule has 0 aliphatic carbocycles. The van der Waals surface area contributed by atoms with Crippen molar-refractivity contribution in [2.45, 2.75) is 6.54 Å². The molecule has 0 spiro atoms. The monoisotopic (exact) mass is 591 g/mol. The molecule has 1 heterocycles. The molecule has 2 amide bonds. The van der Waals surface area contributed by atoms with Gasteiger partial charge in [-0.2, -0.15) is 0 Å². The third kappa shape index (κ3) is 5.90. The molecule has 178 valence electrons. The van der Waals surface area contributed by atoms with E-state index in [-0.39, 0.29) is 44.7 Å². The zero-order chi connectivity index (χ0) is 25.1. The number of methoxy groups -OCH3 is 1. The number of imide groups is 1. The molecule has 4 rings (SSSR count). The number of carbonyl (C=O) groups excluding carboxylic acids is 3. The van der Waals surface area contributed by atoms with Crippen molar-refractivity contribution >= 4 is 74.1 Å². The summed E-state index contributed by atoms with van der Waals surface area (Å²) in [6.45, 7) is 0.181. The van der Waals surface area contributed by atoms with Crippen molar-refractivity contribution in [1.29, 1.82) is 0 Å². The molecule has 6 nitrogen and oxygen atoms in total. The van der Waals surface area contributed by atoms with E-state index in [4.69, 9.17) is 32.7 Å². The molecule has 3 aromatic carbocycles. The summed E-state index contributed by atoms with van der Waals surface area (Å²) < 4.78 is 11.7. The highest BCUT2D eigenvalue weighted by Crippen LogP contribution is 2.36. The first kappa shape index (κ1) is 25.3. The van der Waals surface area contributed by atoms with Crippen molar-refractivity contribution in [1.82, 2.24) is 4.90 Å². The van der Waals surface area contributed by atoms with E-state index >= 15 is 0 Å². The molecule has 10 heteroatoms. The van der Waals surface area contributed by atoms with Gasteiger partial charge in [0.25, 0.3) is 11.1 Å². The number of ether oxygens (including phenoxy) is 2. The molecule has 35 heavy (non-hydrogen) atoms. The van der Waals surface area contributed by atoms with Crippen LogP contribution in [0.1, 0.15) is 21.5 Å². The van der Waals surface area contributed by atoms with Crippen LogP contribution in [0.15, 0.2) is 70.0 Å². The number of thioether (sulfide) groups is 1. The Kier molecular flexibility index (Phi) is 7.86. The Bertz CT molecular complexity index is 1360. The zero-order valence-electron chi connectivity index (χ0n) is 18.1. The first-order valence-electron chi connectivity index (χ1n) is 10.1. The van der Waals surface area contributed by atoms with Crippen LogP contribution in [0.2, 0.25) is 10.0 Å². The summed E-state index contributed by atoms with van der Waals surface area (Å²) in [6.07, 6.45) is 1.59. The highest BCUT2D eigenvalue weighted by molar-refractivity contribution is 9.10. The van der Waals surface area contributed by atoms with Crippen molar-refractivity contribution in [3.63, 3.8) is 0 Å². The number of carbonyl (C=O) groups is 3. The number of nitrogens with zero attached hydrogens (tertiary/aromatic N) is 1. The third-order valence-corrected chi connectivity index (χ3v) is 6.95. The molecule has 0 bridgehead atoms. The van der Waals surface area contributed by atoms with Crippen LogP contribution >= 0.6 is 50.9 Å². The van der Waals surface area contributed by atoms with E-state index in [0.717, 1.165) is 21.8 Å². The van der Waals surface area contributed by atoms with Crippen LogP contribution in [0.4, 0.5) is 4.79 Å². The summed E-state index contributed by atoms with van der Waals surface area (Å²) in [5.74, 6) is -0.614. The van der Waals surface area contributed by atoms with Gasteiger partial charge in [0.05, 0.1) is 29.1 Å². The first-order chi connectivity index (χ1) is 16.7. The van der Waals surface area contributed by atoms with E-state index in [1.807, 2.05) is 24.3 Å². The summed E-state index contributed by atoms with van der Waals surface area (Å²) in [5, 5.41) is 0.216. The molecular formula is C25H16BrCl2NO5S. The smallest absolute Gasteiger partial charge is 0.345 e. The second-order valence-electron chi connectivity index (χ2n) is 7.32. The fourth-order valence-corrected chi connectivity index (χ4v) is 4.82. The normalized spacial score (nSPS) is 14.5. The molecule has 0 unspecified atom stereocenters. The van der Waals surface area contributed by atoms with Gasteiger partial charge < -0.3 is 9.47 Å². The van der Waals surface area contributed by atoms with E-state index in [1.54, 1.807) is 24.3 Å². The molecule has 0 aromatic heterocycles. The van der Waals surface area contributed by atoms with Gasteiger partial charge in [-0.1, -0.05) is 57.3 Å². The molecule has 0 atom stereocenters. The largest absolute Gasteiger partial charge is 0.493 e. The lowest BCUT2D eigenvalue weighted by atomic mass is 10.1. The van der Waals surface area contributed by atoms with E-state index in [1.165, 1.54) is 30.2 Å². The summed E-state index contributed by atoms with van der Waals surface area (Å²) in [5.41, 5.74) is 1.59. The van der Waals surface area contributed by atoms with Gasteiger partial charge in [-0.3, -0.25) is 14.5 Å². The predicted molar refractivity (Wildman–Crippen MR) is 140 cm³/mol. The molecular weight excluding hydrogens is 577 g/mol.